The monoisotopic (exact) mass is 417 g/mol. The number of Topliss-reactive ketones (excluding diaryl/α,β-unsaturated/α-hetero) is 1. The van der Waals surface area contributed by atoms with Crippen LogP contribution in [0, 0.1) is 5.82 Å². The second-order valence-electron chi connectivity index (χ2n) is 6.98. The van der Waals surface area contributed by atoms with Gasteiger partial charge in [-0.2, -0.15) is 0 Å². The summed E-state index contributed by atoms with van der Waals surface area (Å²) in [5.41, 5.74) is 0.725. The number of amides is 1. The summed E-state index contributed by atoms with van der Waals surface area (Å²) in [6.45, 7) is 2.34. The largest absolute Gasteiger partial charge is 0.507 e. The molecule has 1 saturated heterocycles. The fraction of sp³-hybridized carbons (Fsp3) is 0.120. The van der Waals surface area contributed by atoms with Crippen LogP contribution in [0.2, 0.25) is 0 Å². The van der Waals surface area contributed by atoms with Crippen molar-refractivity contribution in [2.24, 2.45) is 0 Å². The number of ketones is 1. The number of rotatable bonds is 5. The van der Waals surface area contributed by atoms with Gasteiger partial charge in [0.05, 0.1) is 18.2 Å². The molecular weight excluding hydrogens is 397 g/mol. The molecule has 1 atom stereocenters. The van der Waals surface area contributed by atoms with E-state index in [4.69, 9.17) is 4.74 Å². The van der Waals surface area contributed by atoms with Crippen LogP contribution in [0.25, 0.3) is 5.76 Å². The SMILES string of the molecule is CCOc1ccc(N2C(=O)C(=O)C(=C(O)c3ccccc3)[C@@H]2c2ccccc2F)cc1. The van der Waals surface area contributed by atoms with E-state index in [1.807, 2.05) is 6.92 Å². The third-order valence-corrected chi connectivity index (χ3v) is 5.12. The van der Waals surface area contributed by atoms with Gasteiger partial charge in [0, 0.05) is 16.8 Å². The molecule has 0 spiro atoms. The zero-order chi connectivity index (χ0) is 22.0. The first-order valence-corrected chi connectivity index (χ1v) is 9.86. The fourth-order valence-electron chi connectivity index (χ4n) is 3.71. The van der Waals surface area contributed by atoms with E-state index < -0.39 is 23.5 Å². The van der Waals surface area contributed by atoms with Gasteiger partial charge in [0.2, 0.25) is 0 Å². The molecule has 1 amide bonds. The van der Waals surface area contributed by atoms with Crippen LogP contribution in [-0.4, -0.2) is 23.4 Å². The molecule has 156 valence electrons. The van der Waals surface area contributed by atoms with Gasteiger partial charge in [0.25, 0.3) is 11.7 Å². The van der Waals surface area contributed by atoms with Crippen molar-refractivity contribution >= 4 is 23.1 Å². The van der Waals surface area contributed by atoms with E-state index in [9.17, 15) is 19.1 Å². The lowest BCUT2D eigenvalue weighted by atomic mass is 9.94. The van der Waals surface area contributed by atoms with E-state index in [0.717, 1.165) is 0 Å². The Morgan fingerprint density at radius 1 is 0.968 bits per heavy atom. The lowest BCUT2D eigenvalue weighted by molar-refractivity contribution is -0.132. The van der Waals surface area contributed by atoms with Crippen LogP contribution in [0.5, 0.6) is 5.75 Å². The van der Waals surface area contributed by atoms with Crippen molar-refractivity contribution in [2.75, 3.05) is 11.5 Å². The summed E-state index contributed by atoms with van der Waals surface area (Å²) in [7, 11) is 0. The highest BCUT2D eigenvalue weighted by Crippen LogP contribution is 2.43. The number of benzene rings is 3. The number of carbonyl (C=O) groups is 2. The highest BCUT2D eigenvalue weighted by atomic mass is 19.1. The average molecular weight is 417 g/mol. The van der Waals surface area contributed by atoms with E-state index in [0.29, 0.717) is 23.6 Å². The molecule has 31 heavy (non-hydrogen) atoms. The van der Waals surface area contributed by atoms with Gasteiger partial charge in [0.15, 0.2) is 0 Å². The van der Waals surface area contributed by atoms with Crippen LogP contribution < -0.4 is 9.64 Å². The highest BCUT2D eigenvalue weighted by molar-refractivity contribution is 6.51. The van der Waals surface area contributed by atoms with Crippen molar-refractivity contribution in [3.63, 3.8) is 0 Å². The third-order valence-electron chi connectivity index (χ3n) is 5.12. The number of hydrogen-bond donors (Lipinski definition) is 1. The Kier molecular flexibility index (Phi) is 5.54. The smallest absolute Gasteiger partial charge is 0.300 e. The normalized spacial score (nSPS) is 17.7. The van der Waals surface area contributed by atoms with Crippen LogP contribution in [0.15, 0.2) is 84.4 Å². The lowest BCUT2D eigenvalue weighted by Crippen LogP contribution is -2.29. The molecule has 1 heterocycles. The quantitative estimate of drug-likeness (QED) is 0.366. The van der Waals surface area contributed by atoms with Crippen molar-refractivity contribution < 1.29 is 23.8 Å². The summed E-state index contributed by atoms with van der Waals surface area (Å²) in [5.74, 6) is -2.03. The molecule has 1 aliphatic heterocycles. The maximum Gasteiger partial charge on any atom is 0.300 e. The number of ether oxygens (including phenoxy) is 1. The van der Waals surface area contributed by atoms with Crippen molar-refractivity contribution in [3.8, 4) is 5.75 Å². The first kappa shape index (κ1) is 20.3. The Bertz CT molecular complexity index is 1160. The fourth-order valence-corrected chi connectivity index (χ4v) is 3.71. The Labute approximate surface area is 179 Å². The molecule has 0 aromatic heterocycles. The number of aliphatic hydroxyl groups is 1. The summed E-state index contributed by atoms with van der Waals surface area (Å²) < 4.78 is 20.3. The Morgan fingerprint density at radius 2 is 1.61 bits per heavy atom. The molecule has 1 aliphatic rings. The van der Waals surface area contributed by atoms with Gasteiger partial charge in [-0.25, -0.2) is 4.39 Å². The summed E-state index contributed by atoms with van der Waals surface area (Å²) in [6.07, 6.45) is 0. The molecule has 0 saturated carbocycles. The molecule has 3 aromatic carbocycles. The molecule has 0 aliphatic carbocycles. The standard InChI is InChI=1S/C25H20FNO4/c1-2-31-18-14-12-17(13-15-18)27-22(19-10-6-7-11-20(19)26)21(24(29)25(27)30)23(28)16-8-4-3-5-9-16/h3-15,22,28H,2H2,1H3/t22-/m0/s1. The molecule has 0 bridgehead atoms. The molecule has 4 rings (SSSR count). The molecule has 0 radical (unpaired) electrons. The number of halogens is 1. The van der Waals surface area contributed by atoms with Gasteiger partial charge in [0.1, 0.15) is 17.3 Å². The minimum absolute atomic E-state index is 0.119. The third kappa shape index (κ3) is 3.68. The van der Waals surface area contributed by atoms with Crippen molar-refractivity contribution in [1.82, 2.24) is 0 Å². The Hall–Kier alpha value is -3.93. The second-order valence-corrected chi connectivity index (χ2v) is 6.98. The number of nitrogens with zero attached hydrogens (tertiary/aromatic N) is 1. The maximum atomic E-state index is 14.8. The predicted molar refractivity (Wildman–Crippen MR) is 115 cm³/mol. The molecule has 5 nitrogen and oxygen atoms in total. The number of anilines is 1. The summed E-state index contributed by atoms with van der Waals surface area (Å²) in [6, 6.07) is 19.8. The first-order chi connectivity index (χ1) is 15.0. The maximum absolute atomic E-state index is 14.8. The van der Waals surface area contributed by atoms with E-state index in [2.05, 4.69) is 0 Å². The van der Waals surface area contributed by atoms with Crippen LogP contribution >= 0.6 is 0 Å². The van der Waals surface area contributed by atoms with E-state index >= 15 is 0 Å². The summed E-state index contributed by atoms with van der Waals surface area (Å²) >= 11 is 0. The predicted octanol–water partition coefficient (Wildman–Crippen LogP) is 4.85. The molecule has 0 unspecified atom stereocenters. The molecule has 1 N–H and O–H groups in total. The summed E-state index contributed by atoms with van der Waals surface area (Å²) in [5, 5.41) is 10.9. The number of hydrogen-bond acceptors (Lipinski definition) is 4. The van der Waals surface area contributed by atoms with Gasteiger partial charge >= 0.3 is 0 Å². The van der Waals surface area contributed by atoms with Crippen LogP contribution in [0.1, 0.15) is 24.1 Å². The Balaban J connectivity index is 1.91. The zero-order valence-electron chi connectivity index (χ0n) is 16.8. The van der Waals surface area contributed by atoms with E-state index in [1.54, 1.807) is 60.7 Å². The first-order valence-electron chi connectivity index (χ1n) is 9.86. The minimum atomic E-state index is -1.11. The van der Waals surface area contributed by atoms with Crippen LogP contribution in [-0.2, 0) is 9.59 Å². The van der Waals surface area contributed by atoms with Gasteiger partial charge < -0.3 is 9.84 Å². The zero-order valence-corrected chi connectivity index (χ0v) is 16.8. The lowest BCUT2D eigenvalue weighted by Gasteiger charge is -2.26. The van der Waals surface area contributed by atoms with Crippen LogP contribution in [0.4, 0.5) is 10.1 Å². The molecular formula is C25H20FNO4. The topological polar surface area (TPSA) is 66.8 Å². The van der Waals surface area contributed by atoms with Crippen molar-refractivity contribution in [3.05, 3.63) is 101 Å². The molecule has 6 heteroatoms. The average Bonchev–Trinajstić information content (AvgIpc) is 3.05. The number of carbonyl (C=O) groups excluding carboxylic acids is 2. The number of aliphatic hydroxyl groups excluding tert-OH is 1. The highest BCUT2D eigenvalue weighted by Gasteiger charge is 2.47. The minimum Gasteiger partial charge on any atom is -0.507 e. The van der Waals surface area contributed by atoms with Crippen molar-refractivity contribution in [1.29, 1.82) is 0 Å². The van der Waals surface area contributed by atoms with E-state index in [1.165, 1.54) is 23.1 Å². The van der Waals surface area contributed by atoms with Gasteiger partial charge in [-0.15, -0.1) is 0 Å². The molecule has 3 aromatic rings. The molecule has 1 fully saturated rings. The van der Waals surface area contributed by atoms with Crippen molar-refractivity contribution in [2.45, 2.75) is 13.0 Å². The van der Waals surface area contributed by atoms with Gasteiger partial charge in [-0.05, 0) is 37.3 Å². The van der Waals surface area contributed by atoms with Crippen LogP contribution in [0.3, 0.4) is 0 Å². The van der Waals surface area contributed by atoms with Gasteiger partial charge in [-0.3, -0.25) is 14.5 Å². The second kappa shape index (κ2) is 8.44. The van der Waals surface area contributed by atoms with E-state index in [-0.39, 0.29) is 16.9 Å². The summed E-state index contributed by atoms with van der Waals surface area (Å²) in [4.78, 5) is 27.3. The van der Waals surface area contributed by atoms with Gasteiger partial charge in [-0.1, -0.05) is 48.5 Å². The Morgan fingerprint density at radius 3 is 2.26 bits per heavy atom.